The first-order valence-corrected chi connectivity index (χ1v) is 5.63. The maximum absolute atomic E-state index is 13.7. The highest BCUT2D eigenvalue weighted by atomic mass is 35.5. The third-order valence-electron chi connectivity index (χ3n) is 2.87. The highest BCUT2D eigenvalue weighted by Gasteiger charge is 2.37. The van der Waals surface area contributed by atoms with Gasteiger partial charge in [0.05, 0.1) is 5.41 Å². The van der Waals surface area contributed by atoms with Crippen molar-refractivity contribution in [1.82, 2.24) is 5.32 Å². The molecule has 5 heteroatoms. The summed E-state index contributed by atoms with van der Waals surface area (Å²) in [6, 6.07) is 3.97. The molecular formula is C12H15ClFNO2. The van der Waals surface area contributed by atoms with Gasteiger partial charge in [-0.05, 0) is 45.1 Å². The Bertz CT molecular complexity index is 425. The van der Waals surface area contributed by atoms with Crippen LogP contribution < -0.4 is 5.32 Å². The smallest absolute Gasteiger partial charge is 0.313 e. The SMILES string of the molecule is CNCCC(C)(C(=O)O)c1cc(Cl)ccc1F. The predicted octanol–water partition coefficient (Wildman–Crippen LogP) is 2.43. The molecule has 1 aromatic rings. The summed E-state index contributed by atoms with van der Waals surface area (Å²) in [7, 11) is 1.72. The molecule has 17 heavy (non-hydrogen) atoms. The predicted molar refractivity (Wildman–Crippen MR) is 64.9 cm³/mol. The van der Waals surface area contributed by atoms with E-state index < -0.39 is 17.2 Å². The van der Waals surface area contributed by atoms with Gasteiger partial charge in [0.25, 0.3) is 0 Å². The van der Waals surface area contributed by atoms with E-state index in [0.717, 1.165) is 0 Å². The summed E-state index contributed by atoms with van der Waals surface area (Å²) in [4.78, 5) is 11.4. The molecule has 1 aromatic carbocycles. The molecule has 0 aliphatic carbocycles. The Labute approximate surface area is 105 Å². The van der Waals surface area contributed by atoms with E-state index in [2.05, 4.69) is 5.32 Å². The molecule has 0 bridgehead atoms. The van der Waals surface area contributed by atoms with Crippen molar-refractivity contribution < 1.29 is 14.3 Å². The molecule has 3 nitrogen and oxygen atoms in total. The fourth-order valence-electron chi connectivity index (χ4n) is 1.65. The lowest BCUT2D eigenvalue weighted by molar-refractivity contribution is -0.143. The van der Waals surface area contributed by atoms with Crippen molar-refractivity contribution >= 4 is 17.6 Å². The van der Waals surface area contributed by atoms with E-state index in [4.69, 9.17) is 11.6 Å². The third kappa shape index (κ3) is 2.96. The van der Waals surface area contributed by atoms with E-state index >= 15 is 0 Å². The highest BCUT2D eigenvalue weighted by Crippen LogP contribution is 2.31. The number of benzene rings is 1. The molecule has 0 aromatic heterocycles. The molecule has 0 fully saturated rings. The van der Waals surface area contributed by atoms with Crippen molar-refractivity contribution in [3.63, 3.8) is 0 Å². The molecule has 2 N–H and O–H groups in total. The van der Waals surface area contributed by atoms with Crippen LogP contribution in [0.25, 0.3) is 0 Å². The van der Waals surface area contributed by atoms with Crippen molar-refractivity contribution in [1.29, 1.82) is 0 Å². The summed E-state index contributed by atoms with van der Waals surface area (Å²) in [6.07, 6.45) is 0.288. The topological polar surface area (TPSA) is 49.3 Å². The number of rotatable bonds is 5. The van der Waals surface area contributed by atoms with Gasteiger partial charge in [0, 0.05) is 10.6 Å². The number of hydrogen-bond acceptors (Lipinski definition) is 2. The van der Waals surface area contributed by atoms with Gasteiger partial charge in [0.1, 0.15) is 5.82 Å². The van der Waals surface area contributed by atoms with Gasteiger partial charge in [0.15, 0.2) is 0 Å². The first kappa shape index (κ1) is 13.9. The van der Waals surface area contributed by atoms with Crippen LogP contribution in [0.1, 0.15) is 18.9 Å². The second-order valence-electron chi connectivity index (χ2n) is 4.11. The summed E-state index contributed by atoms with van der Waals surface area (Å²) < 4.78 is 13.7. The molecule has 0 amide bonds. The average Bonchev–Trinajstić information content (AvgIpc) is 2.29. The molecule has 1 rings (SSSR count). The highest BCUT2D eigenvalue weighted by molar-refractivity contribution is 6.30. The van der Waals surface area contributed by atoms with Crippen molar-refractivity contribution in [3.8, 4) is 0 Å². The quantitative estimate of drug-likeness (QED) is 0.854. The zero-order valence-corrected chi connectivity index (χ0v) is 10.5. The van der Waals surface area contributed by atoms with Crippen molar-refractivity contribution in [2.24, 2.45) is 0 Å². The number of aliphatic carboxylic acids is 1. The number of halogens is 2. The van der Waals surface area contributed by atoms with Crippen LogP contribution in [0, 0.1) is 5.82 Å². The van der Waals surface area contributed by atoms with Crippen LogP contribution in [-0.2, 0) is 10.2 Å². The molecule has 0 aliphatic heterocycles. The van der Waals surface area contributed by atoms with E-state index in [-0.39, 0.29) is 12.0 Å². The Morgan fingerprint density at radius 3 is 2.76 bits per heavy atom. The van der Waals surface area contributed by atoms with E-state index in [1.54, 1.807) is 7.05 Å². The number of hydrogen-bond donors (Lipinski definition) is 2. The van der Waals surface area contributed by atoms with Gasteiger partial charge in [0.2, 0.25) is 0 Å². The molecule has 94 valence electrons. The molecule has 0 radical (unpaired) electrons. The normalized spacial score (nSPS) is 14.4. The lowest BCUT2D eigenvalue weighted by Crippen LogP contribution is -2.36. The number of carbonyl (C=O) groups is 1. The van der Waals surface area contributed by atoms with Crippen LogP contribution in [-0.4, -0.2) is 24.7 Å². The maximum Gasteiger partial charge on any atom is 0.313 e. The Morgan fingerprint density at radius 1 is 1.59 bits per heavy atom. The molecule has 0 aliphatic rings. The zero-order valence-electron chi connectivity index (χ0n) is 9.76. The molecular weight excluding hydrogens is 245 g/mol. The Hall–Kier alpha value is -1.13. The zero-order chi connectivity index (χ0) is 13.1. The second-order valence-corrected chi connectivity index (χ2v) is 4.55. The minimum absolute atomic E-state index is 0.118. The monoisotopic (exact) mass is 259 g/mol. The number of carboxylic acids is 1. The van der Waals surface area contributed by atoms with Crippen molar-refractivity contribution in [3.05, 3.63) is 34.6 Å². The second kappa shape index (κ2) is 5.47. The van der Waals surface area contributed by atoms with Crippen LogP contribution in [0.2, 0.25) is 5.02 Å². The molecule has 0 spiro atoms. The van der Waals surface area contributed by atoms with Crippen LogP contribution >= 0.6 is 11.6 Å². The third-order valence-corrected chi connectivity index (χ3v) is 3.10. The summed E-state index contributed by atoms with van der Waals surface area (Å²) in [5, 5.41) is 12.5. The Kier molecular flexibility index (Phi) is 4.48. The van der Waals surface area contributed by atoms with Gasteiger partial charge in [-0.1, -0.05) is 11.6 Å². The lowest BCUT2D eigenvalue weighted by atomic mass is 9.79. The maximum atomic E-state index is 13.7. The number of nitrogens with one attached hydrogen (secondary N) is 1. The van der Waals surface area contributed by atoms with Crippen LogP contribution in [0.3, 0.4) is 0 Å². The van der Waals surface area contributed by atoms with Gasteiger partial charge in [-0.3, -0.25) is 4.79 Å². The van der Waals surface area contributed by atoms with Crippen molar-refractivity contribution in [2.45, 2.75) is 18.8 Å². The Balaban J connectivity index is 3.21. The molecule has 0 heterocycles. The van der Waals surface area contributed by atoms with E-state index in [9.17, 15) is 14.3 Å². The van der Waals surface area contributed by atoms with Gasteiger partial charge in [-0.25, -0.2) is 4.39 Å². The minimum Gasteiger partial charge on any atom is -0.481 e. The average molecular weight is 260 g/mol. The van der Waals surface area contributed by atoms with Gasteiger partial charge in [-0.15, -0.1) is 0 Å². The van der Waals surface area contributed by atoms with E-state index in [1.165, 1.54) is 25.1 Å². The molecule has 0 saturated carbocycles. The largest absolute Gasteiger partial charge is 0.481 e. The molecule has 0 saturated heterocycles. The van der Waals surface area contributed by atoms with E-state index in [0.29, 0.717) is 11.6 Å². The molecule has 1 atom stereocenters. The first-order chi connectivity index (χ1) is 7.91. The van der Waals surface area contributed by atoms with Crippen molar-refractivity contribution in [2.75, 3.05) is 13.6 Å². The van der Waals surface area contributed by atoms with Gasteiger partial charge in [-0.2, -0.15) is 0 Å². The fraction of sp³-hybridized carbons (Fsp3) is 0.417. The number of carboxylic acid groups (broad SMARTS) is 1. The summed E-state index contributed by atoms with van der Waals surface area (Å²) in [5.41, 5.74) is -1.16. The van der Waals surface area contributed by atoms with Crippen LogP contribution in [0.4, 0.5) is 4.39 Å². The fourth-order valence-corrected chi connectivity index (χ4v) is 1.82. The summed E-state index contributed by atoms with van der Waals surface area (Å²) in [5.74, 6) is -1.61. The van der Waals surface area contributed by atoms with Gasteiger partial charge < -0.3 is 10.4 Å². The molecule has 1 unspecified atom stereocenters. The van der Waals surface area contributed by atoms with Gasteiger partial charge >= 0.3 is 5.97 Å². The lowest BCUT2D eigenvalue weighted by Gasteiger charge is -2.25. The summed E-state index contributed by atoms with van der Waals surface area (Å²) >= 11 is 5.79. The Morgan fingerprint density at radius 2 is 2.24 bits per heavy atom. The minimum atomic E-state index is -1.28. The van der Waals surface area contributed by atoms with E-state index in [1.807, 2.05) is 0 Å². The standard InChI is InChI=1S/C12H15ClFNO2/c1-12(11(16)17,5-6-15-2)9-7-8(13)3-4-10(9)14/h3-4,7,15H,5-6H2,1-2H3,(H,16,17). The van der Waals surface area contributed by atoms with Crippen LogP contribution in [0.5, 0.6) is 0 Å². The first-order valence-electron chi connectivity index (χ1n) is 5.25. The van der Waals surface area contributed by atoms with Crippen LogP contribution in [0.15, 0.2) is 18.2 Å². The summed E-state index contributed by atoms with van der Waals surface area (Å²) in [6.45, 7) is 1.98.